The Kier molecular flexibility index (Phi) is 4.32. The van der Waals surface area contributed by atoms with Crippen molar-refractivity contribution in [2.24, 2.45) is 0 Å². The predicted molar refractivity (Wildman–Crippen MR) is 84.4 cm³/mol. The summed E-state index contributed by atoms with van der Waals surface area (Å²) in [5.41, 5.74) is 0.149. The first kappa shape index (κ1) is 15.1. The van der Waals surface area contributed by atoms with Crippen LogP contribution in [0.15, 0.2) is 48.5 Å². The quantitative estimate of drug-likeness (QED) is 0.946. The molecule has 0 fully saturated rings. The van der Waals surface area contributed by atoms with Crippen molar-refractivity contribution in [2.45, 2.75) is 6.10 Å². The largest absolute Gasteiger partial charge is 0.486 e. The van der Waals surface area contributed by atoms with Gasteiger partial charge in [-0.1, -0.05) is 24.3 Å². The minimum absolute atomic E-state index is 0.149. The average molecular weight is 316 g/mol. The number of amides is 2. The maximum absolute atomic E-state index is 13.6. The standard InChI is InChI=1S/C17H17FN2O3/c1-20(17(21)19-14-7-3-2-6-13(14)18)10-12-11-22-15-8-4-5-9-16(15)23-12/h2-9,12H,10-11H2,1H3,(H,19,21)/t12-/m1/s1. The van der Waals surface area contributed by atoms with Crippen molar-refractivity contribution in [3.63, 3.8) is 0 Å². The SMILES string of the molecule is CN(C[C@@H]1COc2ccccc2O1)C(=O)Nc1ccccc1F. The van der Waals surface area contributed by atoms with Gasteiger partial charge in [-0.2, -0.15) is 0 Å². The normalized spacial score (nSPS) is 15.8. The Morgan fingerprint density at radius 2 is 1.91 bits per heavy atom. The fraction of sp³-hybridized carbons (Fsp3) is 0.235. The summed E-state index contributed by atoms with van der Waals surface area (Å²) in [6.07, 6.45) is -0.277. The third-order valence-electron chi connectivity index (χ3n) is 3.51. The van der Waals surface area contributed by atoms with E-state index >= 15 is 0 Å². The number of hydrogen-bond donors (Lipinski definition) is 1. The number of carbonyl (C=O) groups excluding carboxylic acids is 1. The van der Waals surface area contributed by atoms with Gasteiger partial charge in [-0.15, -0.1) is 0 Å². The van der Waals surface area contributed by atoms with E-state index in [0.717, 1.165) is 0 Å². The van der Waals surface area contributed by atoms with Gasteiger partial charge < -0.3 is 19.7 Å². The molecule has 0 aromatic heterocycles. The summed E-state index contributed by atoms with van der Waals surface area (Å²) in [6, 6.07) is 13.0. The number of carbonyl (C=O) groups is 1. The minimum atomic E-state index is -0.472. The van der Waals surface area contributed by atoms with Crippen molar-refractivity contribution in [1.29, 1.82) is 0 Å². The number of hydrogen-bond acceptors (Lipinski definition) is 3. The van der Waals surface area contributed by atoms with Crippen LogP contribution in [0, 0.1) is 5.82 Å². The van der Waals surface area contributed by atoms with Crippen LogP contribution in [0.1, 0.15) is 0 Å². The van der Waals surface area contributed by atoms with E-state index in [2.05, 4.69) is 5.32 Å². The molecule has 2 aromatic carbocycles. The molecule has 1 atom stereocenters. The average Bonchev–Trinajstić information content (AvgIpc) is 2.56. The lowest BCUT2D eigenvalue weighted by molar-refractivity contribution is 0.0731. The van der Waals surface area contributed by atoms with Gasteiger partial charge in [0.25, 0.3) is 0 Å². The molecule has 2 aromatic rings. The lowest BCUT2D eigenvalue weighted by Gasteiger charge is -2.29. The van der Waals surface area contributed by atoms with Crippen LogP contribution in [-0.4, -0.2) is 37.2 Å². The Balaban J connectivity index is 1.58. The molecule has 0 saturated heterocycles. The third kappa shape index (κ3) is 3.53. The minimum Gasteiger partial charge on any atom is -0.486 e. The Hall–Kier alpha value is -2.76. The highest BCUT2D eigenvalue weighted by Crippen LogP contribution is 2.30. The van der Waals surface area contributed by atoms with E-state index < -0.39 is 11.8 Å². The zero-order valence-electron chi connectivity index (χ0n) is 12.7. The molecule has 1 N–H and O–H groups in total. The highest BCUT2D eigenvalue weighted by molar-refractivity contribution is 5.89. The highest BCUT2D eigenvalue weighted by atomic mass is 19.1. The van der Waals surface area contributed by atoms with Crippen LogP contribution in [0.2, 0.25) is 0 Å². The smallest absolute Gasteiger partial charge is 0.321 e. The summed E-state index contributed by atoms with van der Waals surface area (Å²) in [4.78, 5) is 13.6. The Bertz CT molecular complexity index is 708. The van der Waals surface area contributed by atoms with Crippen LogP contribution in [0.3, 0.4) is 0 Å². The van der Waals surface area contributed by atoms with Crippen LogP contribution in [0.5, 0.6) is 11.5 Å². The first-order chi connectivity index (χ1) is 11.1. The van der Waals surface area contributed by atoms with Gasteiger partial charge >= 0.3 is 6.03 Å². The maximum atomic E-state index is 13.6. The lowest BCUT2D eigenvalue weighted by Crippen LogP contribution is -2.43. The van der Waals surface area contributed by atoms with E-state index in [1.165, 1.54) is 17.0 Å². The molecule has 1 heterocycles. The molecule has 0 spiro atoms. The topological polar surface area (TPSA) is 50.8 Å². The molecule has 0 radical (unpaired) electrons. The van der Waals surface area contributed by atoms with E-state index in [1.807, 2.05) is 24.3 Å². The summed E-state index contributed by atoms with van der Waals surface area (Å²) < 4.78 is 25.0. The number of fused-ring (bicyclic) bond motifs is 1. The van der Waals surface area contributed by atoms with Crippen molar-refractivity contribution >= 4 is 11.7 Å². The molecule has 6 heteroatoms. The van der Waals surface area contributed by atoms with E-state index in [4.69, 9.17) is 9.47 Å². The molecule has 120 valence electrons. The van der Waals surface area contributed by atoms with Gasteiger partial charge in [0, 0.05) is 7.05 Å². The zero-order chi connectivity index (χ0) is 16.2. The second-order valence-corrected chi connectivity index (χ2v) is 5.29. The Morgan fingerprint density at radius 3 is 2.70 bits per heavy atom. The second-order valence-electron chi connectivity index (χ2n) is 5.29. The van der Waals surface area contributed by atoms with Gasteiger partial charge in [-0.05, 0) is 24.3 Å². The first-order valence-electron chi connectivity index (χ1n) is 7.28. The Morgan fingerprint density at radius 1 is 1.22 bits per heavy atom. The van der Waals surface area contributed by atoms with Crippen LogP contribution >= 0.6 is 0 Å². The van der Waals surface area contributed by atoms with Crippen molar-refractivity contribution < 1.29 is 18.7 Å². The van der Waals surface area contributed by atoms with Crippen molar-refractivity contribution in [3.05, 3.63) is 54.3 Å². The number of rotatable bonds is 3. The molecule has 1 aliphatic heterocycles. The molecular formula is C17H17FN2O3. The van der Waals surface area contributed by atoms with E-state index in [9.17, 15) is 9.18 Å². The molecule has 3 rings (SSSR count). The number of likely N-dealkylation sites (N-methyl/N-ethyl adjacent to an activating group) is 1. The highest BCUT2D eigenvalue weighted by Gasteiger charge is 2.23. The third-order valence-corrected chi connectivity index (χ3v) is 3.51. The number of halogens is 1. The van der Waals surface area contributed by atoms with Crippen molar-refractivity contribution in [1.82, 2.24) is 4.90 Å². The van der Waals surface area contributed by atoms with Gasteiger partial charge in [-0.3, -0.25) is 0 Å². The maximum Gasteiger partial charge on any atom is 0.321 e. The molecule has 5 nitrogen and oxygen atoms in total. The van der Waals surface area contributed by atoms with Gasteiger partial charge in [-0.25, -0.2) is 9.18 Å². The monoisotopic (exact) mass is 316 g/mol. The summed E-state index contributed by atoms with van der Waals surface area (Å²) in [6.45, 7) is 0.683. The number of nitrogens with one attached hydrogen (secondary N) is 1. The van der Waals surface area contributed by atoms with Gasteiger partial charge in [0.1, 0.15) is 12.4 Å². The van der Waals surface area contributed by atoms with Crippen LogP contribution in [0.4, 0.5) is 14.9 Å². The van der Waals surface area contributed by atoms with Crippen LogP contribution < -0.4 is 14.8 Å². The van der Waals surface area contributed by atoms with E-state index in [-0.39, 0.29) is 11.8 Å². The Labute approximate surface area is 133 Å². The number of benzene rings is 2. The fourth-order valence-corrected chi connectivity index (χ4v) is 2.31. The summed E-state index contributed by atoms with van der Waals surface area (Å²) in [7, 11) is 1.63. The molecule has 2 amide bonds. The zero-order valence-corrected chi connectivity index (χ0v) is 12.7. The number of para-hydroxylation sites is 3. The van der Waals surface area contributed by atoms with Crippen LogP contribution in [0.25, 0.3) is 0 Å². The predicted octanol–water partition coefficient (Wildman–Crippen LogP) is 3.13. The number of urea groups is 1. The molecule has 1 aliphatic rings. The van der Waals surface area contributed by atoms with E-state index in [0.29, 0.717) is 24.7 Å². The first-order valence-corrected chi connectivity index (χ1v) is 7.28. The molecule has 0 bridgehead atoms. The second kappa shape index (κ2) is 6.56. The summed E-state index contributed by atoms with van der Waals surface area (Å²) >= 11 is 0. The fourth-order valence-electron chi connectivity index (χ4n) is 2.31. The lowest BCUT2D eigenvalue weighted by atomic mass is 10.2. The van der Waals surface area contributed by atoms with E-state index in [1.54, 1.807) is 19.2 Å². The van der Waals surface area contributed by atoms with Gasteiger partial charge in [0.2, 0.25) is 0 Å². The number of ether oxygens (including phenoxy) is 2. The molecule has 0 aliphatic carbocycles. The molecule has 0 saturated carbocycles. The molecule has 0 unspecified atom stereocenters. The molecular weight excluding hydrogens is 299 g/mol. The molecule has 23 heavy (non-hydrogen) atoms. The summed E-state index contributed by atoms with van der Waals surface area (Å²) in [5.74, 6) is 0.884. The van der Waals surface area contributed by atoms with Gasteiger partial charge in [0.05, 0.1) is 12.2 Å². The number of nitrogens with zero attached hydrogens (tertiary/aromatic N) is 1. The van der Waals surface area contributed by atoms with Crippen molar-refractivity contribution in [2.75, 3.05) is 25.5 Å². The van der Waals surface area contributed by atoms with Crippen LogP contribution in [-0.2, 0) is 0 Å². The number of anilines is 1. The summed E-state index contributed by atoms with van der Waals surface area (Å²) in [5, 5.41) is 2.53. The van der Waals surface area contributed by atoms with Crippen molar-refractivity contribution in [3.8, 4) is 11.5 Å². The van der Waals surface area contributed by atoms with Gasteiger partial charge in [0.15, 0.2) is 17.6 Å².